The van der Waals surface area contributed by atoms with Gasteiger partial charge in [0.1, 0.15) is 0 Å². The highest BCUT2D eigenvalue weighted by atomic mass is 16.5. The predicted octanol–water partition coefficient (Wildman–Crippen LogP) is 4.71. The largest absolute Gasteiger partial charge is 0.367 e. The molecule has 2 N–H and O–H groups in total. The maximum absolute atomic E-state index is 5.83. The summed E-state index contributed by atoms with van der Waals surface area (Å²) in [7, 11) is 0. The van der Waals surface area contributed by atoms with Crippen LogP contribution in [0.2, 0.25) is 0 Å². The van der Waals surface area contributed by atoms with E-state index in [4.69, 9.17) is 10.3 Å². The van der Waals surface area contributed by atoms with E-state index in [1.54, 1.807) is 6.20 Å². The normalized spacial score (nSPS) is 11.0. The molecule has 0 spiro atoms. The minimum atomic E-state index is 0.353. The number of nitrogen functional groups attached to an aromatic ring is 1. The van der Waals surface area contributed by atoms with Crippen molar-refractivity contribution in [3.8, 4) is 22.3 Å². The highest BCUT2D eigenvalue weighted by Gasteiger charge is 2.13. The molecule has 0 aliphatic carbocycles. The van der Waals surface area contributed by atoms with Gasteiger partial charge in [0.25, 0.3) is 0 Å². The van der Waals surface area contributed by atoms with E-state index in [2.05, 4.69) is 61.5 Å². The minimum Gasteiger partial charge on any atom is -0.367 e. The number of nitrogens with two attached hydrogens (primary N) is 1. The lowest BCUT2D eigenvalue weighted by Crippen LogP contribution is -1.94. The molecule has 3 aromatic rings. The van der Waals surface area contributed by atoms with Crippen LogP contribution in [0.3, 0.4) is 0 Å². The van der Waals surface area contributed by atoms with Crippen LogP contribution in [0.5, 0.6) is 0 Å². The summed E-state index contributed by atoms with van der Waals surface area (Å²) in [6, 6.07) is 16.8. The van der Waals surface area contributed by atoms with E-state index >= 15 is 0 Å². The Morgan fingerprint density at radius 2 is 1.71 bits per heavy atom. The quantitative estimate of drug-likeness (QED) is 0.754. The molecule has 3 rings (SSSR count). The summed E-state index contributed by atoms with van der Waals surface area (Å²) >= 11 is 0. The fourth-order valence-corrected chi connectivity index (χ4v) is 2.56. The Morgan fingerprint density at radius 1 is 0.952 bits per heavy atom. The SMILES string of the molecule is CC(C)c1ccc(-c2cnoc2N)cc1-c1ccccc1. The van der Waals surface area contributed by atoms with Crippen molar-refractivity contribution in [2.75, 3.05) is 5.73 Å². The molecule has 0 bridgehead atoms. The number of hydrogen-bond acceptors (Lipinski definition) is 3. The summed E-state index contributed by atoms with van der Waals surface area (Å²) in [6.45, 7) is 4.41. The maximum Gasteiger partial charge on any atom is 0.229 e. The van der Waals surface area contributed by atoms with Crippen LogP contribution >= 0.6 is 0 Å². The van der Waals surface area contributed by atoms with Gasteiger partial charge in [-0.3, -0.25) is 0 Å². The van der Waals surface area contributed by atoms with E-state index in [0.717, 1.165) is 11.1 Å². The van der Waals surface area contributed by atoms with Crippen molar-refractivity contribution in [2.24, 2.45) is 0 Å². The Labute approximate surface area is 124 Å². The van der Waals surface area contributed by atoms with E-state index in [-0.39, 0.29) is 0 Å². The predicted molar refractivity (Wildman–Crippen MR) is 85.9 cm³/mol. The van der Waals surface area contributed by atoms with Crippen molar-refractivity contribution in [1.82, 2.24) is 5.16 Å². The zero-order chi connectivity index (χ0) is 14.8. The molecule has 0 saturated heterocycles. The van der Waals surface area contributed by atoms with Crippen LogP contribution in [0, 0.1) is 0 Å². The second-order valence-electron chi connectivity index (χ2n) is 5.43. The summed E-state index contributed by atoms with van der Waals surface area (Å²) in [4.78, 5) is 0. The standard InChI is InChI=1S/C18H18N2O/c1-12(2)15-9-8-14(17-11-20-21-18(17)19)10-16(15)13-6-4-3-5-7-13/h3-12H,19H2,1-2H3. The Morgan fingerprint density at radius 3 is 2.33 bits per heavy atom. The fraction of sp³-hybridized carbons (Fsp3) is 0.167. The molecule has 0 atom stereocenters. The third-order valence-electron chi connectivity index (χ3n) is 3.67. The molecule has 0 aliphatic rings. The van der Waals surface area contributed by atoms with Gasteiger partial charge in [-0.05, 0) is 34.2 Å². The van der Waals surface area contributed by atoms with E-state index in [9.17, 15) is 0 Å². The van der Waals surface area contributed by atoms with Crippen molar-refractivity contribution in [1.29, 1.82) is 0 Å². The van der Waals surface area contributed by atoms with E-state index in [0.29, 0.717) is 11.8 Å². The van der Waals surface area contributed by atoms with E-state index < -0.39 is 0 Å². The first-order valence-corrected chi connectivity index (χ1v) is 7.06. The fourth-order valence-electron chi connectivity index (χ4n) is 2.56. The zero-order valence-corrected chi connectivity index (χ0v) is 12.2. The van der Waals surface area contributed by atoms with E-state index in [1.807, 2.05) is 6.07 Å². The van der Waals surface area contributed by atoms with Gasteiger partial charge in [-0.2, -0.15) is 0 Å². The Balaban J connectivity index is 2.18. The first-order valence-electron chi connectivity index (χ1n) is 7.06. The van der Waals surface area contributed by atoms with Crippen LogP contribution in [0.15, 0.2) is 59.3 Å². The molecule has 0 aliphatic heterocycles. The van der Waals surface area contributed by atoms with Gasteiger partial charge in [-0.1, -0.05) is 61.5 Å². The molecular weight excluding hydrogens is 260 g/mol. The Hall–Kier alpha value is -2.55. The highest BCUT2D eigenvalue weighted by Crippen LogP contribution is 2.34. The van der Waals surface area contributed by atoms with Gasteiger partial charge in [-0.25, -0.2) is 0 Å². The number of hydrogen-bond donors (Lipinski definition) is 1. The monoisotopic (exact) mass is 278 g/mol. The van der Waals surface area contributed by atoms with Crippen LogP contribution < -0.4 is 5.73 Å². The first-order chi connectivity index (χ1) is 10.2. The molecule has 0 unspecified atom stereocenters. The molecule has 2 aromatic carbocycles. The van der Waals surface area contributed by atoms with Crippen molar-refractivity contribution in [2.45, 2.75) is 19.8 Å². The van der Waals surface area contributed by atoms with Crippen molar-refractivity contribution in [3.63, 3.8) is 0 Å². The Bertz CT molecular complexity index is 745. The lowest BCUT2D eigenvalue weighted by Gasteiger charge is -2.14. The lowest BCUT2D eigenvalue weighted by atomic mass is 9.90. The van der Waals surface area contributed by atoms with Crippen molar-refractivity contribution in [3.05, 3.63) is 60.3 Å². The molecule has 1 heterocycles. The second kappa shape index (κ2) is 5.44. The van der Waals surface area contributed by atoms with Gasteiger partial charge in [0.05, 0.1) is 11.8 Å². The number of anilines is 1. The third kappa shape index (κ3) is 2.55. The third-order valence-corrected chi connectivity index (χ3v) is 3.67. The maximum atomic E-state index is 5.83. The number of rotatable bonds is 3. The summed E-state index contributed by atoms with van der Waals surface area (Å²) < 4.78 is 4.97. The van der Waals surface area contributed by atoms with Crippen molar-refractivity contribution >= 4 is 5.88 Å². The smallest absolute Gasteiger partial charge is 0.229 e. The molecule has 3 nitrogen and oxygen atoms in total. The van der Waals surface area contributed by atoms with Crippen LogP contribution in [0.4, 0.5) is 5.88 Å². The van der Waals surface area contributed by atoms with Crippen LogP contribution in [-0.2, 0) is 0 Å². The highest BCUT2D eigenvalue weighted by molar-refractivity contribution is 5.79. The summed E-state index contributed by atoms with van der Waals surface area (Å²) in [5.74, 6) is 0.806. The van der Waals surface area contributed by atoms with Gasteiger partial charge >= 0.3 is 0 Å². The molecule has 0 saturated carbocycles. The lowest BCUT2D eigenvalue weighted by molar-refractivity contribution is 0.436. The van der Waals surface area contributed by atoms with Crippen molar-refractivity contribution < 1.29 is 4.52 Å². The van der Waals surface area contributed by atoms with Gasteiger partial charge < -0.3 is 10.3 Å². The molecule has 106 valence electrons. The molecule has 0 fully saturated rings. The van der Waals surface area contributed by atoms with Gasteiger partial charge in [0.15, 0.2) is 0 Å². The topological polar surface area (TPSA) is 52.0 Å². The molecule has 3 heteroatoms. The average Bonchev–Trinajstić information content (AvgIpc) is 2.93. The second-order valence-corrected chi connectivity index (χ2v) is 5.43. The van der Waals surface area contributed by atoms with Gasteiger partial charge in [0.2, 0.25) is 5.88 Å². The summed E-state index contributed by atoms with van der Waals surface area (Å²) in [5.41, 5.74) is 11.4. The van der Waals surface area contributed by atoms with E-state index in [1.165, 1.54) is 16.7 Å². The van der Waals surface area contributed by atoms with Crippen LogP contribution in [-0.4, -0.2) is 5.16 Å². The number of benzene rings is 2. The zero-order valence-electron chi connectivity index (χ0n) is 12.2. The van der Waals surface area contributed by atoms with Crippen LogP contribution in [0.25, 0.3) is 22.3 Å². The summed E-state index contributed by atoms with van der Waals surface area (Å²) in [6.07, 6.45) is 1.66. The first kappa shape index (κ1) is 13.4. The van der Waals surface area contributed by atoms with Gasteiger partial charge in [0, 0.05) is 0 Å². The summed E-state index contributed by atoms with van der Waals surface area (Å²) in [5, 5.41) is 3.76. The average molecular weight is 278 g/mol. The molecule has 1 aromatic heterocycles. The minimum absolute atomic E-state index is 0.353. The van der Waals surface area contributed by atoms with Gasteiger partial charge in [-0.15, -0.1) is 0 Å². The Kier molecular flexibility index (Phi) is 3.48. The number of aromatic nitrogens is 1. The molecule has 21 heavy (non-hydrogen) atoms. The van der Waals surface area contributed by atoms with Crippen LogP contribution in [0.1, 0.15) is 25.3 Å². The number of nitrogens with zero attached hydrogens (tertiary/aromatic N) is 1. The molecule has 0 radical (unpaired) electrons. The molecule has 0 amide bonds. The molecular formula is C18H18N2O.